The summed E-state index contributed by atoms with van der Waals surface area (Å²) < 4.78 is 81.3. The van der Waals surface area contributed by atoms with Gasteiger partial charge in [-0.1, -0.05) is 11.6 Å². The number of β-amino-alcohol motifs (C(OH)–C–C–N with tert-alkyl or cyclic N) is 1. The van der Waals surface area contributed by atoms with Crippen molar-refractivity contribution in [2.24, 2.45) is 0 Å². The van der Waals surface area contributed by atoms with Gasteiger partial charge in [-0.15, -0.1) is 0 Å². The van der Waals surface area contributed by atoms with Gasteiger partial charge in [-0.2, -0.15) is 26.3 Å². The molecule has 226 valence electrons. The molecule has 0 spiro atoms. The zero-order valence-corrected chi connectivity index (χ0v) is 23.4. The minimum atomic E-state index is -5.08. The normalized spacial score (nSPS) is 18.0. The fraction of sp³-hybridized carbons (Fsp3) is 0.393. The zero-order chi connectivity index (χ0) is 31.2. The third kappa shape index (κ3) is 6.18. The Bertz CT molecular complexity index is 1450. The van der Waals surface area contributed by atoms with Crippen LogP contribution in [0.5, 0.6) is 0 Å². The number of benzene rings is 1. The van der Waals surface area contributed by atoms with Gasteiger partial charge in [0.2, 0.25) is 5.91 Å². The van der Waals surface area contributed by atoms with Crippen LogP contribution in [0.2, 0.25) is 5.15 Å². The molecule has 4 rings (SSSR count). The lowest BCUT2D eigenvalue weighted by Crippen LogP contribution is -2.42. The highest BCUT2D eigenvalue weighted by atomic mass is 35.5. The van der Waals surface area contributed by atoms with Crippen molar-refractivity contribution in [1.29, 1.82) is 0 Å². The first kappa shape index (κ1) is 31.5. The summed E-state index contributed by atoms with van der Waals surface area (Å²) >= 11 is 6.37. The number of anilines is 2. The molecule has 2 aromatic heterocycles. The number of aliphatic hydroxyl groups excluding tert-OH is 2. The predicted octanol–water partition coefficient (Wildman–Crippen LogP) is 5.71. The number of alkyl halides is 6. The average molecular weight is 617 g/mol. The molecule has 0 radical (unpaired) electrons. The van der Waals surface area contributed by atoms with Crippen LogP contribution in [0.4, 0.5) is 37.8 Å². The van der Waals surface area contributed by atoms with Gasteiger partial charge >= 0.3 is 12.4 Å². The molecule has 0 aliphatic carbocycles. The highest BCUT2D eigenvalue weighted by Gasteiger charge is 2.41. The van der Waals surface area contributed by atoms with Crippen LogP contribution in [-0.4, -0.2) is 58.4 Å². The Morgan fingerprint density at radius 2 is 1.62 bits per heavy atom. The number of aliphatic hydroxyl groups is 2. The number of hydrogen-bond acceptors (Lipinski definition) is 6. The Kier molecular flexibility index (Phi) is 8.51. The topological polar surface area (TPSA) is 89.8 Å². The Labute approximate surface area is 242 Å². The number of amides is 1. The van der Waals surface area contributed by atoms with Crippen LogP contribution in [0, 0.1) is 0 Å². The Morgan fingerprint density at radius 1 is 1.02 bits per heavy atom. The van der Waals surface area contributed by atoms with Gasteiger partial charge in [-0.05, 0) is 62.2 Å². The second-order valence-electron chi connectivity index (χ2n) is 10.6. The maximum absolute atomic E-state index is 13.8. The monoisotopic (exact) mass is 616 g/mol. The first-order chi connectivity index (χ1) is 19.4. The van der Waals surface area contributed by atoms with Gasteiger partial charge in [0.05, 0.1) is 47.2 Å². The van der Waals surface area contributed by atoms with E-state index in [-0.39, 0.29) is 30.1 Å². The van der Waals surface area contributed by atoms with Gasteiger partial charge < -0.3 is 20.0 Å². The Hall–Kier alpha value is -3.42. The molecule has 1 saturated heterocycles. The minimum Gasteiger partial charge on any atom is -0.394 e. The van der Waals surface area contributed by atoms with E-state index in [1.165, 1.54) is 33.3 Å². The standard InChI is InChI=1S/C28H27ClF6N4O3/c1-26(2,15-7-16(27(30,31)32)9-17(8-15)28(33,34)35)25(42)38(3)22-12-37-23(39-13-19(41)10-18(39)14-40)11-21(22)20-5-4-6-36-24(20)29/h4-9,11-12,18-19,40-41H,10,13-14H2,1-3H3/t18-,19-/m0/s1. The van der Waals surface area contributed by atoms with Gasteiger partial charge in [-0.25, -0.2) is 9.97 Å². The summed E-state index contributed by atoms with van der Waals surface area (Å²) in [7, 11) is 1.32. The van der Waals surface area contributed by atoms with Gasteiger partial charge in [-0.3, -0.25) is 4.79 Å². The first-order valence-electron chi connectivity index (χ1n) is 12.7. The van der Waals surface area contributed by atoms with Crippen LogP contribution < -0.4 is 9.80 Å². The molecule has 2 N–H and O–H groups in total. The summed E-state index contributed by atoms with van der Waals surface area (Å²) in [4.78, 5) is 25.1. The molecule has 1 amide bonds. The second-order valence-corrected chi connectivity index (χ2v) is 10.9. The number of carbonyl (C=O) groups excluding carboxylic acids is 1. The van der Waals surface area contributed by atoms with E-state index in [1.807, 2.05) is 0 Å². The molecular weight excluding hydrogens is 590 g/mol. The molecule has 0 unspecified atom stereocenters. The molecule has 3 heterocycles. The lowest BCUT2D eigenvalue weighted by Gasteiger charge is -2.32. The summed E-state index contributed by atoms with van der Waals surface area (Å²) in [6, 6.07) is 5.43. The fourth-order valence-corrected chi connectivity index (χ4v) is 5.20. The molecule has 1 aliphatic rings. The Balaban J connectivity index is 1.82. The molecule has 1 fully saturated rings. The van der Waals surface area contributed by atoms with E-state index in [4.69, 9.17) is 11.6 Å². The van der Waals surface area contributed by atoms with Gasteiger partial charge in [0.15, 0.2) is 0 Å². The average Bonchev–Trinajstić information content (AvgIpc) is 3.31. The van der Waals surface area contributed by atoms with E-state index in [2.05, 4.69) is 9.97 Å². The SMILES string of the molecule is CN(C(=O)C(C)(C)c1cc(C(F)(F)F)cc(C(F)(F)F)c1)c1cnc(N2C[C@@H](O)C[C@H]2CO)cc1-c1cccnc1Cl. The summed E-state index contributed by atoms with van der Waals surface area (Å²) in [6.07, 6.45) is -7.83. The molecule has 7 nitrogen and oxygen atoms in total. The largest absolute Gasteiger partial charge is 0.416 e. The lowest BCUT2D eigenvalue weighted by molar-refractivity contribution is -0.143. The van der Waals surface area contributed by atoms with E-state index < -0.39 is 52.5 Å². The third-order valence-electron chi connectivity index (χ3n) is 7.33. The fourth-order valence-electron chi connectivity index (χ4n) is 4.98. The minimum absolute atomic E-state index is 0.00780. The highest BCUT2D eigenvalue weighted by molar-refractivity contribution is 6.32. The summed E-state index contributed by atoms with van der Waals surface area (Å²) in [6.45, 7) is 2.39. The van der Waals surface area contributed by atoms with E-state index in [0.717, 1.165) is 4.90 Å². The van der Waals surface area contributed by atoms with Crippen LogP contribution in [-0.2, 0) is 22.6 Å². The molecule has 42 heavy (non-hydrogen) atoms. The molecule has 0 saturated carbocycles. The number of likely N-dealkylation sites (N-methyl/N-ethyl adjacent to an activating group) is 1. The van der Waals surface area contributed by atoms with Crippen molar-refractivity contribution in [3.63, 3.8) is 0 Å². The van der Waals surface area contributed by atoms with Crippen LogP contribution in [0.25, 0.3) is 11.1 Å². The zero-order valence-electron chi connectivity index (χ0n) is 22.6. The quantitative estimate of drug-likeness (QED) is 0.273. The lowest BCUT2D eigenvalue weighted by atomic mass is 9.81. The van der Waals surface area contributed by atoms with E-state index in [1.54, 1.807) is 23.1 Å². The van der Waals surface area contributed by atoms with Crippen molar-refractivity contribution in [1.82, 2.24) is 9.97 Å². The third-order valence-corrected chi connectivity index (χ3v) is 7.63. The van der Waals surface area contributed by atoms with E-state index >= 15 is 0 Å². The molecule has 3 aromatic rings. The van der Waals surface area contributed by atoms with Crippen LogP contribution in [0.1, 0.15) is 37.0 Å². The number of aromatic nitrogens is 2. The first-order valence-corrected chi connectivity index (χ1v) is 13.1. The van der Waals surface area contributed by atoms with Crippen molar-refractivity contribution in [2.45, 2.75) is 50.2 Å². The number of pyridine rings is 2. The number of rotatable bonds is 6. The maximum Gasteiger partial charge on any atom is 0.416 e. The second kappa shape index (κ2) is 11.3. The van der Waals surface area contributed by atoms with Gasteiger partial charge in [0.25, 0.3) is 0 Å². The summed E-state index contributed by atoms with van der Waals surface area (Å²) in [5.41, 5.74) is -4.55. The molecule has 2 atom stereocenters. The Morgan fingerprint density at radius 3 is 2.17 bits per heavy atom. The maximum atomic E-state index is 13.8. The van der Waals surface area contributed by atoms with Crippen LogP contribution in [0.15, 0.2) is 48.8 Å². The van der Waals surface area contributed by atoms with Crippen molar-refractivity contribution in [3.05, 3.63) is 70.6 Å². The van der Waals surface area contributed by atoms with Gasteiger partial charge in [0.1, 0.15) is 11.0 Å². The molecule has 14 heteroatoms. The summed E-state index contributed by atoms with van der Waals surface area (Å²) in [5, 5.41) is 20.0. The van der Waals surface area contributed by atoms with Gasteiger partial charge in [0, 0.05) is 30.9 Å². The molecule has 1 aliphatic heterocycles. The number of nitrogens with zero attached hydrogens (tertiary/aromatic N) is 4. The van der Waals surface area contributed by atoms with Crippen molar-refractivity contribution >= 4 is 29.0 Å². The van der Waals surface area contributed by atoms with Crippen LogP contribution >= 0.6 is 11.6 Å². The molecule has 1 aromatic carbocycles. The number of halogens is 7. The van der Waals surface area contributed by atoms with Crippen molar-refractivity contribution < 1.29 is 41.4 Å². The smallest absolute Gasteiger partial charge is 0.394 e. The van der Waals surface area contributed by atoms with E-state index in [9.17, 15) is 41.4 Å². The number of hydrogen-bond donors (Lipinski definition) is 2. The van der Waals surface area contributed by atoms with Crippen molar-refractivity contribution in [3.8, 4) is 11.1 Å². The number of carbonyl (C=O) groups is 1. The molecule has 0 bridgehead atoms. The van der Waals surface area contributed by atoms with Crippen LogP contribution in [0.3, 0.4) is 0 Å². The van der Waals surface area contributed by atoms with Crippen molar-refractivity contribution in [2.75, 3.05) is 30.0 Å². The predicted molar refractivity (Wildman–Crippen MR) is 144 cm³/mol. The van der Waals surface area contributed by atoms with E-state index in [0.29, 0.717) is 35.5 Å². The highest BCUT2D eigenvalue weighted by Crippen LogP contribution is 2.42. The molecular formula is C28H27ClF6N4O3. The summed E-state index contributed by atoms with van der Waals surface area (Å²) in [5.74, 6) is -0.479.